The van der Waals surface area contributed by atoms with Crippen LogP contribution < -0.4 is 10.2 Å². The van der Waals surface area contributed by atoms with E-state index in [2.05, 4.69) is 22.6 Å². The second kappa shape index (κ2) is 8.19. The molecule has 0 unspecified atom stereocenters. The van der Waals surface area contributed by atoms with Crippen LogP contribution in [0.1, 0.15) is 74.6 Å². The molecule has 1 saturated carbocycles. The lowest BCUT2D eigenvalue weighted by molar-refractivity contribution is -0.138. The summed E-state index contributed by atoms with van der Waals surface area (Å²) in [4.78, 5) is 10.2. The normalized spacial score (nSPS) is 27.0. The number of nitrogens with zero attached hydrogens (tertiary/aromatic N) is 1. The number of rotatable bonds is 4. The Balaban J connectivity index is 1.67. The summed E-state index contributed by atoms with van der Waals surface area (Å²) in [5, 5.41) is 0. The van der Waals surface area contributed by atoms with Crippen LogP contribution in [0, 0.1) is 0 Å². The van der Waals surface area contributed by atoms with Gasteiger partial charge in [-0.25, -0.2) is 4.98 Å². The van der Waals surface area contributed by atoms with Crippen molar-refractivity contribution in [3.63, 3.8) is 0 Å². The predicted octanol–water partition coefficient (Wildman–Crippen LogP) is 5.95. The van der Waals surface area contributed by atoms with Gasteiger partial charge in [0.05, 0.1) is 23.3 Å². The fourth-order valence-electron chi connectivity index (χ4n) is 4.72. The van der Waals surface area contributed by atoms with Gasteiger partial charge in [-0.3, -0.25) is 4.84 Å². The molecule has 2 heterocycles. The molecule has 0 bridgehead atoms. The minimum atomic E-state index is -4.47. The van der Waals surface area contributed by atoms with Crippen molar-refractivity contribution in [2.75, 3.05) is 0 Å². The molecule has 1 aliphatic heterocycles. The van der Waals surface area contributed by atoms with E-state index in [1.807, 2.05) is 32.0 Å². The van der Waals surface area contributed by atoms with Gasteiger partial charge in [0.2, 0.25) is 5.88 Å². The first-order valence-electron chi connectivity index (χ1n) is 10.5. The molecule has 1 N–H and O–H groups in total. The summed E-state index contributed by atoms with van der Waals surface area (Å²) in [6.45, 7) is 3.66. The summed E-state index contributed by atoms with van der Waals surface area (Å²) < 4.78 is 45.8. The van der Waals surface area contributed by atoms with Crippen molar-refractivity contribution in [3.05, 3.63) is 59.3 Å². The molecule has 2 fully saturated rings. The van der Waals surface area contributed by atoms with Gasteiger partial charge in [-0.2, -0.15) is 18.7 Å². The topological polar surface area (TPSA) is 43.4 Å². The number of nitrogens with one attached hydrogen (secondary N) is 1. The SMILES string of the molecule is CC(C)Oc1ncc(C(F)(F)F)cc1[C@H]1C[C@@]2(CCCC[C@H]2c2ccccc2)ON1. The minimum Gasteiger partial charge on any atom is -0.475 e. The van der Waals surface area contributed by atoms with Gasteiger partial charge < -0.3 is 4.74 Å². The highest BCUT2D eigenvalue weighted by atomic mass is 19.4. The van der Waals surface area contributed by atoms with Crippen LogP contribution in [0.25, 0.3) is 0 Å². The van der Waals surface area contributed by atoms with Crippen LogP contribution in [0.5, 0.6) is 5.88 Å². The number of halogens is 3. The molecule has 4 nitrogen and oxygen atoms in total. The maximum absolute atomic E-state index is 13.3. The van der Waals surface area contributed by atoms with Gasteiger partial charge in [-0.1, -0.05) is 43.2 Å². The van der Waals surface area contributed by atoms with Crippen molar-refractivity contribution in [3.8, 4) is 5.88 Å². The van der Waals surface area contributed by atoms with E-state index in [4.69, 9.17) is 9.57 Å². The van der Waals surface area contributed by atoms with E-state index in [1.54, 1.807) is 0 Å². The number of ether oxygens (including phenoxy) is 1. The smallest absolute Gasteiger partial charge is 0.417 e. The molecule has 0 amide bonds. The monoisotopic (exact) mass is 420 g/mol. The van der Waals surface area contributed by atoms with Crippen molar-refractivity contribution >= 4 is 0 Å². The van der Waals surface area contributed by atoms with Crippen LogP contribution in [0.3, 0.4) is 0 Å². The Morgan fingerprint density at radius 1 is 1.20 bits per heavy atom. The molecule has 162 valence electrons. The molecule has 0 radical (unpaired) electrons. The van der Waals surface area contributed by atoms with Crippen LogP contribution >= 0.6 is 0 Å². The molecule has 7 heteroatoms. The van der Waals surface area contributed by atoms with Crippen LogP contribution in [-0.2, 0) is 11.0 Å². The van der Waals surface area contributed by atoms with Crippen molar-refractivity contribution in [2.45, 2.75) is 75.8 Å². The van der Waals surface area contributed by atoms with E-state index in [1.165, 1.54) is 5.56 Å². The molecule has 4 rings (SSSR count). The number of hydroxylamine groups is 1. The molecule has 2 aliphatic rings. The number of hydrogen-bond donors (Lipinski definition) is 1. The third-order valence-electron chi connectivity index (χ3n) is 6.06. The number of benzene rings is 1. The average Bonchev–Trinajstić information content (AvgIpc) is 3.12. The summed E-state index contributed by atoms with van der Waals surface area (Å²) in [7, 11) is 0. The number of alkyl halides is 3. The minimum absolute atomic E-state index is 0.193. The summed E-state index contributed by atoms with van der Waals surface area (Å²) in [6.07, 6.45) is 0.751. The summed E-state index contributed by atoms with van der Waals surface area (Å²) in [5.74, 6) is 0.418. The standard InChI is InChI=1S/C23H27F3N2O2/c1-15(2)29-21-18(12-17(14-27-21)23(24,25)26)20-13-22(30-28-20)11-7-6-10-19(22)16-8-4-3-5-9-16/h3-5,8-9,12,14-15,19-20,28H,6-7,10-11,13H2,1-2H3/t19-,20+,22+/m0/s1. The van der Waals surface area contributed by atoms with Crippen LogP contribution in [-0.4, -0.2) is 16.7 Å². The van der Waals surface area contributed by atoms with Crippen molar-refractivity contribution in [2.24, 2.45) is 0 Å². The summed E-state index contributed by atoms with van der Waals surface area (Å²) in [5.41, 5.74) is 3.41. The maximum atomic E-state index is 13.3. The molecular formula is C23H27F3N2O2. The zero-order valence-electron chi connectivity index (χ0n) is 17.2. The quantitative estimate of drug-likeness (QED) is 0.664. The summed E-state index contributed by atoms with van der Waals surface area (Å²) >= 11 is 0. The van der Waals surface area contributed by atoms with Gasteiger partial charge >= 0.3 is 6.18 Å². The molecule has 1 aromatic heterocycles. The average molecular weight is 420 g/mol. The van der Waals surface area contributed by atoms with Gasteiger partial charge in [-0.15, -0.1) is 0 Å². The zero-order valence-corrected chi connectivity index (χ0v) is 17.2. The van der Waals surface area contributed by atoms with Gasteiger partial charge in [-0.05, 0) is 38.3 Å². The van der Waals surface area contributed by atoms with E-state index < -0.39 is 23.4 Å². The van der Waals surface area contributed by atoms with E-state index >= 15 is 0 Å². The molecule has 2 aromatic rings. The van der Waals surface area contributed by atoms with Crippen LogP contribution in [0.4, 0.5) is 13.2 Å². The fraction of sp³-hybridized carbons (Fsp3) is 0.522. The molecule has 1 saturated heterocycles. The highest BCUT2D eigenvalue weighted by Gasteiger charge is 2.50. The third kappa shape index (κ3) is 4.18. The Morgan fingerprint density at radius 2 is 1.97 bits per heavy atom. The summed E-state index contributed by atoms with van der Waals surface area (Å²) in [6, 6.07) is 11.0. The number of hydrogen-bond acceptors (Lipinski definition) is 4. The Labute approximate surface area is 174 Å². The van der Waals surface area contributed by atoms with Gasteiger partial charge in [0, 0.05) is 24.1 Å². The fourth-order valence-corrected chi connectivity index (χ4v) is 4.72. The van der Waals surface area contributed by atoms with Crippen LogP contribution in [0.15, 0.2) is 42.6 Å². The van der Waals surface area contributed by atoms with E-state index in [0.29, 0.717) is 12.0 Å². The lowest BCUT2D eigenvalue weighted by atomic mass is 9.69. The second-order valence-electron chi connectivity index (χ2n) is 8.53. The first-order chi connectivity index (χ1) is 14.3. The van der Waals surface area contributed by atoms with E-state index in [9.17, 15) is 13.2 Å². The zero-order chi connectivity index (χ0) is 21.4. The lowest BCUT2D eigenvalue weighted by Gasteiger charge is -2.40. The second-order valence-corrected chi connectivity index (χ2v) is 8.53. The number of aromatic nitrogens is 1. The lowest BCUT2D eigenvalue weighted by Crippen LogP contribution is -2.39. The van der Waals surface area contributed by atoms with Crippen molar-refractivity contribution < 1.29 is 22.7 Å². The van der Waals surface area contributed by atoms with E-state index in [0.717, 1.165) is 37.9 Å². The van der Waals surface area contributed by atoms with Gasteiger partial charge in [0.1, 0.15) is 0 Å². The third-order valence-corrected chi connectivity index (χ3v) is 6.06. The first kappa shape index (κ1) is 21.1. The molecule has 30 heavy (non-hydrogen) atoms. The first-order valence-corrected chi connectivity index (χ1v) is 10.5. The maximum Gasteiger partial charge on any atom is 0.417 e. The highest BCUT2D eigenvalue weighted by molar-refractivity contribution is 5.36. The van der Waals surface area contributed by atoms with Crippen molar-refractivity contribution in [1.29, 1.82) is 0 Å². The number of pyridine rings is 1. The Kier molecular flexibility index (Phi) is 5.77. The van der Waals surface area contributed by atoms with Gasteiger partial charge in [0.25, 0.3) is 0 Å². The van der Waals surface area contributed by atoms with Gasteiger partial charge in [0.15, 0.2) is 0 Å². The molecular weight excluding hydrogens is 393 g/mol. The van der Waals surface area contributed by atoms with E-state index in [-0.39, 0.29) is 17.9 Å². The Bertz CT molecular complexity index is 872. The molecule has 1 aromatic carbocycles. The Morgan fingerprint density at radius 3 is 2.67 bits per heavy atom. The highest BCUT2D eigenvalue weighted by Crippen LogP contribution is 2.51. The predicted molar refractivity (Wildman–Crippen MR) is 107 cm³/mol. The largest absolute Gasteiger partial charge is 0.475 e. The molecule has 1 aliphatic carbocycles. The molecule has 1 spiro atoms. The Hall–Kier alpha value is -2.12. The van der Waals surface area contributed by atoms with Crippen LogP contribution in [0.2, 0.25) is 0 Å². The molecule has 3 atom stereocenters. The van der Waals surface area contributed by atoms with Crippen molar-refractivity contribution in [1.82, 2.24) is 10.5 Å².